The predicted octanol–water partition coefficient (Wildman–Crippen LogP) is 2.66. The fourth-order valence-corrected chi connectivity index (χ4v) is 1.72. The summed E-state index contributed by atoms with van der Waals surface area (Å²) in [4.78, 5) is 22.6. The van der Waals surface area contributed by atoms with E-state index in [1.54, 1.807) is 0 Å². The fourth-order valence-electron chi connectivity index (χ4n) is 1.48. The molecule has 0 bridgehead atoms. The van der Waals surface area contributed by atoms with Gasteiger partial charge in [-0.25, -0.2) is 4.79 Å². The summed E-state index contributed by atoms with van der Waals surface area (Å²) >= 11 is 4.02. The molecule has 1 atom stereocenters. The molecule has 0 radical (unpaired) electrons. The summed E-state index contributed by atoms with van der Waals surface area (Å²) in [6.45, 7) is 7.73. The van der Waals surface area contributed by atoms with Gasteiger partial charge in [0.2, 0.25) is 5.91 Å². The van der Waals surface area contributed by atoms with Crippen molar-refractivity contribution in [1.29, 1.82) is 0 Å². The molecule has 1 amide bonds. The molecule has 114 valence electrons. The largest absolute Gasteiger partial charge is 0.460 e. The molecular weight excluding hydrogens is 274 g/mol. The molecule has 0 heterocycles. The van der Waals surface area contributed by atoms with Crippen LogP contribution in [0.5, 0.6) is 0 Å². The quantitative estimate of drug-likeness (QED) is 0.411. The van der Waals surface area contributed by atoms with E-state index in [0.29, 0.717) is 0 Å². The zero-order valence-corrected chi connectivity index (χ0v) is 13.6. The highest BCUT2D eigenvalue weighted by Crippen LogP contribution is 2.06. The standard InChI is InChI=1S/C15H25NO3S/c1-11(2)6-5-7-12(3)8-9-19-15(18)14(10-20)16-13(4)17/h6,8,14,20H,5,7,9-10H2,1-4H3,(H,16,17)/b12-8+/t14-/m0/s1. The summed E-state index contributed by atoms with van der Waals surface area (Å²) in [5, 5.41) is 2.50. The Labute approximate surface area is 127 Å². The van der Waals surface area contributed by atoms with Gasteiger partial charge >= 0.3 is 5.97 Å². The monoisotopic (exact) mass is 299 g/mol. The summed E-state index contributed by atoms with van der Waals surface area (Å²) in [5.41, 5.74) is 2.48. The van der Waals surface area contributed by atoms with Crippen LogP contribution in [0.1, 0.15) is 40.5 Å². The lowest BCUT2D eigenvalue weighted by atomic mass is 10.1. The van der Waals surface area contributed by atoms with Gasteiger partial charge in [0.05, 0.1) is 0 Å². The minimum Gasteiger partial charge on any atom is -0.460 e. The number of hydrogen-bond acceptors (Lipinski definition) is 4. The van der Waals surface area contributed by atoms with E-state index in [4.69, 9.17) is 4.74 Å². The van der Waals surface area contributed by atoms with Crippen molar-refractivity contribution < 1.29 is 14.3 Å². The first-order chi connectivity index (χ1) is 9.36. The molecule has 0 aliphatic heterocycles. The van der Waals surface area contributed by atoms with Crippen molar-refractivity contribution >= 4 is 24.5 Å². The van der Waals surface area contributed by atoms with Crippen LogP contribution in [0.3, 0.4) is 0 Å². The molecule has 0 aliphatic rings. The van der Waals surface area contributed by atoms with Crippen molar-refractivity contribution in [3.63, 3.8) is 0 Å². The Hall–Kier alpha value is -1.23. The SMILES string of the molecule is CC(=O)N[C@@H](CS)C(=O)OC/C=C(\C)CCC=C(C)C. The van der Waals surface area contributed by atoms with Crippen LogP contribution >= 0.6 is 12.6 Å². The number of rotatable bonds is 8. The van der Waals surface area contributed by atoms with Gasteiger partial charge in [-0.1, -0.05) is 17.2 Å². The predicted molar refractivity (Wildman–Crippen MR) is 84.8 cm³/mol. The smallest absolute Gasteiger partial charge is 0.329 e. The highest BCUT2D eigenvalue weighted by atomic mass is 32.1. The number of allylic oxidation sites excluding steroid dienone is 3. The molecule has 0 aromatic rings. The van der Waals surface area contributed by atoms with E-state index < -0.39 is 12.0 Å². The Morgan fingerprint density at radius 2 is 1.85 bits per heavy atom. The number of ether oxygens (including phenoxy) is 1. The number of hydrogen-bond donors (Lipinski definition) is 2. The number of thiol groups is 1. The number of amides is 1. The maximum absolute atomic E-state index is 11.7. The zero-order chi connectivity index (χ0) is 15.5. The molecule has 5 heteroatoms. The van der Waals surface area contributed by atoms with Gasteiger partial charge in [0.15, 0.2) is 0 Å². The summed E-state index contributed by atoms with van der Waals surface area (Å²) in [6.07, 6.45) is 6.01. The van der Waals surface area contributed by atoms with Crippen molar-refractivity contribution in [2.45, 2.75) is 46.6 Å². The normalized spacial score (nSPS) is 12.6. The first-order valence-electron chi connectivity index (χ1n) is 6.70. The maximum Gasteiger partial charge on any atom is 0.329 e. The second kappa shape index (κ2) is 10.5. The molecule has 0 saturated heterocycles. The second-order valence-corrected chi connectivity index (χ2v) is 5.30. The lowest BCUT2D eigenvalue weighted by Crippen LogP contribution is -2.42. The molecule has 0 aromatic carbocycles. The minimum atomic E-state index is -0.685. The van der Waals surface area contributed by atoms with Crippen molar-refractivity contribution in [3.8, 4) is 0 Å². The van der Waals surface area contributed by atoms with Gasteiger partial charge in [0.1, 0.15) is 12.6 Å². The molecule has 0 aliphatic carbocycles. The first kappa shape index (κ1) is 18.8. The highest BCUT2D eigenvalue weighted by molar-refractivity contribution is 7.80. The maximum atomic E-state index is 11.7. The number of nitrogens with one attached hydrogen (secondary N) is 1. The molecule has 1 N–H and O–H groups in total. The van der Waals surface area contributed by atoms with Crippen LogP contribution in [-0.2, 0) is 14.3 Å². The number of carbonyl (C=O) groups excluding carboxylic acids is 2. The third-order valence-electron chi connectivity index (χ3n) is 2.59. The van der Waals surface area contributed by atoms with E-state index in [-0.39, 0.29) is 18.3 Å². The van der Waals surface area contributed by atoms with Gasteiger partial charge in [0.25, 0.3) is 0 Å². The summed E-state index contributed by atoms with van der Waals surface area (Å²) in [5.74, 6) is -0.500. The molecule has 0 spiro atoms. The van der Waals surface area contributed by atoms with Crippen LogP contribution in [0.15, 0.2) is 23.3 Å². The van der Waals surface area contributed by atoms with Gasteiger partial charge < -0.3 is 10.1 Å². The van der Waals surface area contributed by atoms with Crippen LogP contribution in [0, 0.1) is 0 Å². The molecule has 0 saturated carbocycles. The van der Waals surface area contributed by atoms with E-state index in [1.807, 2.05) is 13.0 Å². The number of esters is 1. The molecule has 0 aromatic heterocycles. The molecule has 0 fully saturated rings. The van der Waals surface area contributed by atoms with Crippen LogP contribution in [-0.4, -0.2) is 30.3 Å². The topological polar surface area (TPSA) is 55.4 Å². The van der Waals surface area contributed by atoms with Gasteiger partial charge in [-0.05, 0) is 39.7 Å². The van der Waals surface area contributed by atoms with Crippen molar-refractivity contribution in [3.05, 3.63) is 23.3 Å². The van der Waals surface area contributed by atoms with E-state index in [1.165, 1.54) is 18.1 Å². The minimum absolute atomic E-state index is 0.224. The second-order valence-electron chi connectivity index (χ2n) is 4.94. The van der Waals surface area contributed by atoms with Crippen LogP contribution in [0.2, 0.25) is 0 Å². The van der Waals surface area contributed by atoms with Crippen molar-refractivity contribution in [1.82, 2.24) is 5.32 Å². The Morgan fingerprint density at radius 1 is 1.20 bits per heavy atom. The summed E-state index contributed by atoms with van der Waals surface area (Å²) in [7, 11) is 0. The summed E-state index contributed by atoms with van der Waals surface area (Å²) < 4.78 is 5.10. The molecule has 0 unspecified atom stereocenters. The van der Waals surface area contributed by atoms with Crippen molar-refractivity contribution in [2.24, 2.45) is 0 Å². The zero-order valence-electron chi connectivity index (χ0n) is 12.7. The van der Waals surface area contributed by atoms with Crippen molar-refractivity contribution in [2.75, 3.05) is 12.4 Å². The Kier molecular flexibility index (Phi) is 9.90. The van der Waals surface area contributed by atoms with Gasteiger partial charge in [-0.15, -0.1) is 0 Å². The van der Waals surface area contributed by atoms with Crippen LogP contribution in [0.4, 0.5) is 0 Å². The van der Waals surface area contributed by atoms with E-state index in [2.05, 4.69) is 37.9 Å². The average Bonchev–Trinajstić information content (AvgIpc) is 2.35. The van der Waals surface area contributed by atoms with Crippen LogP contribution in [0.25, 0.3) is 0 Å². The molecule has 20 heavy (non-hydrogen) atoms. The molecule has 4 nitrogen and oxygen atoms in total. The Balaban J connectivity index is 4.10. The van der Waals surface area contributed by atoms with Gasteiger partial charge in [-0.3, -0.25) is 4.79 Å². The molecular formula is C15H25NO3S. The van der Waals surface area contributed by atoms with Crippen LogP contribution < -0.4 is 5.32 Å². The summed E-state index contributed by atoms with van der Waals surface area (Å²) in [6, 6.07) is -0.685. The Morgan fingerprint density at radius 3 is 2.35 bits per heavy atom. The van der Waals surface area contributed by atoms with Gasteiger partial charge in [0, 0.05) is 12.7 Å². The van der Waals surface area contributed by atoms with E-state index in [9.17, 15) is 9.59 Å². The third-order valence-corrected chi connectivity index (χ3v) is 2.96. The lowest BCUT2D eigenvalue weighted by molar-refractivity contribution is -0.145. The third kappa shape index (κ3) is 9.67. The van der Waals surface area contributed by atoms with E-state index >= 15 is 0 Å². The first-order valence-corrected chi connectivity index (χ1v) is 7.33. The Bertz CT molecular complexity index is 385. The number of carbonyl (C=O) groups is 2. The fraction of sp³-hybridized carbons (Fsp3) is 0.600. The molecule has 0 rings (SSSR count). The van der Waals surface area contributed by atoms with E-state index in [0.717, 1.165) is 12.8 Å². The van der Waals surface area contributed by atoms with Gasteiger partial charge in [-0.2, -0.15) is 12.6 Å². The highest BCUT2D eigenvalue weighted by Gasteiger charge is 2.18. The average molecular weight is 299 g/mol. The lowest BCUT2D eigenvalue weighted by Gasteiger charge is -2.13.